The first-order chi connectivity index (χ1) is 7.88. The maximum absolute atomic E-state index is 6.22. The number of allylic oxidation sites excluding steroid dienone is 1. The van der Waals surface area contributed by atoms with E-state index in [0.717, 1.165) is 18.5 Å². The Morgan fingerprint density at radius 2 is 2.00 bits per heavy atom. The van der Waals surface area contributed by atoms with Gasteiger partial charge in [-0.2, -0.15) is 0 Å². The van der Waals surface area contributed by atoms with Crippen molar-refractivity contribution in [2.45, 2.75) is 44.6 Å². The van der Waals surface area contributed by atoms with E-state index in [2.05, 4.69) is 16.0 Å². The van der Waals surface area contributed by atoms with Crippen LogP contribution in [0.25, 0.3) is 0 Å². The van der Waals surface area contributed by atoms with Crippen LogP contribution in [0, 0.1) is 0 Å². The van der Waals surface area contributed by atoms with E-state index >= 15 is 0 Å². The Labute approximate surface area is 96.8 Å². The van der Waals surface area contributed by atoms with E-state index < -0.39 is 0 Å². The third-order valence-corrected chi connectivity index (χ3v) is 3.13. The van der Waals surface area contributed by atoms with Crippen LogP contribution in [0.1, 0.15) is 50.3 Å². The zero-order chi connectivity index (χ0) is 11.2. The van der Waals surface area contributed by atoms with E-state index in [-0.39, 0.29) is 6.04 Å². The molecule has 0 saturated carbocycles. The molecule has 1 heterocycles. The minimum atomic E-state index is -0.0631. The number of rotatable bonds is 2. The van der Waals surface area contributed by atoms with Crippen LogP contribution in [0.2, 0.25) is 0 Å². The Morgan fingerprint density at radius 1 is 1.12 bits per heavy atom. The van der Waals surface area contributed by atoms with Gasteiger partial charge in [0.2, 0.25) is 0 Å². The van der Waals surface area contributed by atoms with Crippen LogP contribution >= 0.6 is 0 Å². The van der Waals surface area contributed by atoms with Crippen LogP contribution in [0.3, 0.4) is 0 Å². The molecule has 86 valence electrons. The number of aromatic nitrogens is 2. The molecule has 3 heteroatoms. The molecule has 0 aliphatic heterocycles. The fourth-order valence-corrected chi connectivity index (χ4v) is 2.16. The second kappa shape index (κ2) is 5.75. The van der Waals surface area contributed by atoms with E-state index in [0.29, 0.717) is 0 Å². The fraction of sp³-hybridized carbons (Fsp3) is 0.538. The lowest BCUT2D eigenvalue weighted by Crippen LogP contribution is -2.15. The van der Waals surface area contributed by atoms with Gasteiger partial charge in [0, 0.05) is 12.4 Å². The van der Waals surface area contributed by atoms with Gasteiger partial charge in [-0.3, -0.25) is 9.97 Å². The zero-order valence-electron chi connectivity index (χ0n) is 9.60. The van der Waals surface area contributed by atoms with E-state index in [9.17, 15) is 0 Å². The zero-order valence-corrected chi connectivity index (χ0v) is 9.60. The van der Waals surface area contributed by atoms with Gasteiger partial charge in [0.15, 0.2) is 0 Å². The standard InChI is InChI=1S/C13H19N3/c14-13(12-10-15-8-9-16-12)11-6-4-2-1-3-5-7-11/h6,8-10,13H,1-5,7,14H2/b11-6+. The molecule has 0 aromatic carbocycles. The molecule has 1 unspecified atom stereocenters. The van der Waals surface area contributed by atoms with Crippen molar-refractivity contribution in [1.82, 2.24) is 9.97 Å². The lowest BCUT2D eigenvalue weighted by atomic mass is 9.94. The highest BCUT2D eigenvalue weighted by Crippen LogP contribution is 2.25. The lowest BCUT2D eigenvalue weighted by molar-refractivity contribution is 0.599. The van der Waals surface area contributed by atoms with Gasteiger partial charge in [0.1, 0.15) is 0 Å². The van der Waals surface area contributed by atoms with E-state index in [1.54, 1.807) is 18.6 Å². The predicted molar refractivity (Wildman–Crippen MR) is 64.7 cm³/mol. The average Bonchev–Trinajstić information content (AvgIpc) is 2.29. The third-order valence-electron chi connectivity index (χ3n) is 3.13. The molecular weight excluding hydrogens is 198 g/mol. The summed E-state index contributed by atoms with van der Waals surface area (Å²) in [6.07, 6.45) is 14.9. The first-order valence-electron chi connectivity index (χ1n) is 6.08. The summed E-state index contributed by atoms with van der Waals surface area (Å²) in [4.78, 5) is 8.35. The SMILES string of the molecule is NC(/C1=C/CCCCCC1)c1cnccn1. The van der Waals surface area contributed by atoms with Gasteiger partial charge in [-0.25, -0.2) is 0 Å². The molecule has 0 amide bonds. The number of hydrogen-bond acceptors (Lipinski definition) is 3. The predicted octanol–water partition coefficient (Wildman–Crippen LogP) is 2.76. The molecule has 1 aromatic heterocycles. The van der Waals surface area contributed by atoms with Crippen molar-refractivity contribution in [1.29, 1.82) is 0 Å². The minimum Gasteiger partial charge on any atom is -0.319 e. The van der Waals surface area contributed by atoms with Crippen LogP contribution < -0.4 is 5.73 Å². The minimum absolute atomic E-state index is 0.0631. The van der Waals surface area contributed by atoms with Crippen molar-refractivity contribution in [2.24, 2.45) is 5.73 Å². The Morgan fingerprint density at radius 3 is 2.81 bits per heavy atom. The summed E-state index contributed by atoms with van der Waals surface area (Å²) < 4.78 is 0. The number of hydrogen-bond donors (Lipinski definition) is 1. The van der Waals surface area contributed by atoms with Gasteiger partial charge in [-0.1, -0.05) is 24.5 Å². The first kappa shape index (κ1) is 11.3. The monoisotopic (exact) mass is 217 g/mol. The van der Waals surface area contributed by atoms with Crippen LogP contribution in [-0.2, 0) is 0 Å². The van der Waals surface area contributed by atoms with Gasteiger partial charge >= 0.3 is 0 Å². The lowest BCUT2D eigenvalue weighted by Gasteiger charge is -2.17. The summed E-state index contributed by atoms with van der Waals surface area (Å²) in [7, 11) is 0. The van der Waals surface area contributed by atoms with Crippen molar-refractivity contribution in [3.63, 3.8) is 0 Å². The molecule has 1 atom stereocenters. The molecule has 0 radical (unpaired) electrons. The molecule has 0 fully saturated rings. The summed E-state index contributed by atoms with van der Waals surface area (Å²) in [6.45, 7) is 0. The van der Waals surface area contributed by atoms with Gasteiger partial charge in [0.05, 0.1) is 17.9 Å². The molecule has 1 aliphatic rings. The van der Waals surface area contributed by atoms with Crippen molar-refractivity contribution >= 4 is 0 Å². The maximum atomic E-state index is 6.22. The smallest absolute Gasteiger partial charge is 0.0795 e. The Balaban J connectivity index is 2.10. The molecular formula is C13H19N3. The quantitative estimate of drug-likeness (QED) is 0.775. The molecule has 0 spiro atoms. The molecule has 0 bridgehead atoms. The van der Waals surface area contributed by atoms with Crippen molar-refractivity contribution in [2.75, 3.05) is 0 Å². The Hall–Kier alpha value is -1.22. The molecule has 3 nitrogen and oxygen atoms in total. The van der Waals surface area contributed by atoms with E-state index in [4.69, 9.17) is 5.73 Å². The average molecular weight is 217 g/mol. The second-order valence-electron chi connectivity index (χ2n) is 4.34. The molecule has 1 aromatic rings. The van der Waals surface area contributed by atoms with Crippen molar-refractivity contribution < 1.29 is 0 Å². The van der Waals surface area contributed by atoms with Crippen LogP contribution in [0.15, 0.2) is 30.2 Å². The van der Waals surface area contributed by atoms with Gasteiger partial charge in [0.25, 0.3) is 0 Å². The molecule has 1 aliphatic carbocycles. The summed E-state index contributed by atoms with van der Waals surface area (Å²) >= 11 is 0. The summed E-state index contributed by atoms with van der Waals surface area (Å²) in [6, 6.07) is -0.0631. The van der Waals surface area contributed by atoms with Gasteiger partial charge < -0.3 is 5.73 Å². The summed E-state index contributed by atoms with van der Waals surface area (Å²) in [5, 5.41) is 0. The van der Waals surface area contributed by atoms with Crippen molar-refractivity contribution in [3.05, 3.63) is 35.9 Å². The third kappa shape index (κ3) is 2.89. The highest BCUT2D eigenvalue weighted by Gasteiger charge is 2.13. The highest BCUT2D eigenvalue weighted by molar-refractivity contribution is 5.19. The molecule has 2 rings (SSSR count). The van der Waals surface area contributed by atoms with Crippen LogP contribution in [0.5, 0.6) is 0 Å². The van der Waals surface area contributed by atoms with E-state index in [1.807, 2.05) is 0 Å². The molecule has 16 heavy (non-hydrogen) atoms. The normalized spacial score (nSPS) is 22.7. The first-order valence-corrected chi connectivity index (χ1v) is 6.08. The number of nitrogens with zero attached hydrogens (tertiary/aromatic N) is 2. The highest BCUT2D eigenvalue weighted by atomic mass is 14.8. The van der Waals surface area contributed by atoms with E-state index in [1.165, 1.54) is 31.3 Å². The van der Waals surface area contributed by atoms with Crippen LogP contribution in [0.4, 0.5) is 0 Å². The number of nitrogens with two attached hydrogens (primary N) is 1. The topological polar surface area (TPSA) is 51.8 Å². The Kier molecular flexibility index (Phi) is 4.05. The second-order valence-corrected chi connectivity index (χ2v) is 4.34. The fourth-order valence-electron chi connectivity index (χ4n) is 2.16. The molecule has 2 N–H and O–H groups in total. The maximum Gasteiger partial charge on any atom is 0.0795 e. The summed E-state index contributed by atoms with van der Waals surface area (Å²) in [5.41, 5.74) is 8.44. The van der Waals surface area contributed by atoms with Crippen molar-refractivity contribution in [3.8, 4) is 0 Å². The molecule has 0 saturated heterocycles. The van der Waals surface area contributed by atoms with Gasteiger partial charge in [-0.05, 0) is 25.7 Å². The largest absolute Gasteiger partial charge is 0.319 e. The Bertz CT molecular complexity index is 345. The summed E-state index contributed by atoms with van der Waals surface area (Å²) in [5.74, 6) is 0. The van der Waals surface area contributed by atoms with Crippen LogP contribution in [-0.4, -0.2) is 9.97 Å². The van der Waals surface area contributed by atoms with Gasteiger partial charge in [-0.15, -0.1) is 0 Å².